The minimum absolute atomic E-state index is 0.0434. The molecular weight excluding hydrogens is 318 g/mol. The van der Waals surface area contributed by atoms with Crippen molar-refractivity contribution in [3.05, 3.63) is 76.8 Å². The molecule has 0 aliphatic rings. The minimum Gasteiger partial charge on any atom is -0.496 e. The molecule has 0 saturated heterocycles. The zero-order chi connectivity index (χ0) is 16.9. The fourth-order valence-electron chi connectivity index (χ4n) is 2.37. The van der Waals surface area contributed by atoms with Crippen LogP contribution in [-0.4, -0.2) is 17.9 Å². The van der Waals surface area contributed by atoms with Crippen LogP contribution in [0.15, 0.2) is 60.7 Å². The molecule has 3 nitrogen and oxygen atoms in total. The quantitative estimate of drug-likeness (QED) is 0.485. The lowest BCUT2D eigenvalue weighted by Crippen LogP contribution is -1.93. The van der Waals surface area contributed by atoms with Crippen molar-refractivity contribution in [3.63, 3.8) is 0 Å². The molecular formula is C20H17NO2S. The summed E-state index contributed by atoms with van der Waals surface area (Å²) in [6.45, 7) is 1.87. The fraction of sp³-hybridized carbons (Fsp3) is 0.100. The smallest absolute Gasteiger partial charge is 0.197 e. The van der Waals surface area contributed by atoms with E-state index in [1.54, 1.807) is 19.3 Å². The number of carbonyl (C=O) groups excluding carboxylic acids is 1. The third-order valence-corrected chi connectivity index (χ3v) is 4.82. The first kappa shape index (κ1) is 16.1. The first-order valence-electron chi connectivity index (χ1n) is 7.57. The Morgan fingerprint density at radius 2 is 1.79 bits per heavy atom. The molecule has 0 N–H and O–H groups in total. The molecule has 0 fully saturated rings. The van der Waals surface area contributed by atoms with Crippen LogP contribution in [-0.2, 0) is 0 Å². The Balaban J connectivity index is 1.86. The van der Waals surface area contributed by atoms with Gasteiger partial charge in [-0.2, -0.15) is 0 Å². The molecule has 24 heavy (non-hydrogen) atoms. The van der Waals surface area contributed by atoms with E-state index >= 15 is 0 Å². The van der Waals surface area contributed by atoms with Crippen LogP contribution in [0.25, 0.3) is 16.6 Å². The lowest BCUT2D eigenvalue weighted by atomic mass is 10.1. The van der Waals surface area contributed by atoms with Crippen molar-refractivity contribution in [3.8, 4) is 16.3 Å². The van der Waals surface area contributed by atoms with Crippen molar-refractivity contribution in [2.45, 2.75) is 6.92 Å². The summed E-state index contributed by atoms with van der Waals surface area (Å²) in [5, 5.41) is 0.863. The summed E-state index contributed by atoms with van der Waals surface area (Å²) in [4.78, 5) is 17.7. The van der Waals surface area contributed by atoms with Crippen molar-refractivity contribution in [2.75, 3.05) is 7.11 Å². The number of methoxy groups -OCH3 is 1. The van der Waals surface area contributed by atoms with Gasteiger partial charge in [-0.05, 0) is 25.1 Å². The molecule has 0 amide bonds. The number of rotatable bonds is 5. The Bertz CT molecular complexity index is 882. The molecule has 120 valence electrons. The number of hydrogen-bond acceptors (Lipinski definition) is 4. The van der Waals surface area contributed by atoms with Crippen LogP contribution in [0.5, 0.6) is 5.75 Å². The molecule has 0 spiro atoms. The van der Waals surface area contributed by atoms with E-state index in [2.05, 4.69) is 4.98 Å². The van der Waals surface area contributed by atoms with E-state index in [4.69, 9.17) is 4.74 Å². The number of hydrogen-bond donors (Lipinski definition) is 0. The van der Waals surface area contributed by atoms with Gasteiger partial charge in [0.05, 0.1) is 17.7 Å². The van der Waals surface area contributed by atoms with Crippen LogP contribution in [0, 0.1) is 6.92 Å². The monoisotopic (exact) mass is 335 g/mol. The third kappa shape index (κ3) is 3.44. The largest absolute Gasteiger partial charge is 0.496 e. The van der Waals surface area contributed by atoms with Crippen LogP contribution in [0.3, 0.4) is 0 Å². The summed E-state index contributed by atoms with van der Waals surface area (Å²) < 4.78 is 5.30. The summed E-state index contributed by atoms with van der Waals surface area (Å²) in [5.41, 5.74) is 2.66. The highest BCUT2D eigenvalue weighted by Crippen LogP contribution is 2.28. The predicted octanol–water partition coefficient (Wildman–Crippen LogP) is 5.02. The van der Waals surface area contributed by atoms with Crippen molar-refractivity contribution >= 4 is 23.2 Å². The lowest BCUT2D eigenvalue weighted by molar-refractivity contribution is 0.105. The first-order valence-corrected chi connectivity index (χ1v) is 8.39. The van der Waals surface area contributed by atoms with E-state index in [-0.39, 0.29) is 5.78 Å². The van der Waals surface area contributed by atoms with E-state index in [0.29, 0.717) is 4.88 Å². The van der Waals surface area contributed by atoms with Gasteiger partial charge in [0.2, 0.25) is 0 Å². The highest BCUT2D eigenvalue weighted by Gasteiger charge is 2.14. The number of allylic oxidation sites excluding steroid dienone is 1. The number of aromatic nitrogens is 1. The predicted molar refractivity (Wildman–Crippen MR) is 98.6 cm³/mol. The molecule has 0 aliphatic heterocycles. The number of nitrogens with zero attached hydrogens (tertiary/aromatic N) is 1. The summed E-state index contributed by atoms with van der Waals surface area (Å²) in [6.07, 6.45) is 3.36. The number of carbonyl (C=O) groups is 1. The molecule has 0 radical (unpaired) electrons. The maximum Gasteiger partial charge on any atom is 0.197 e. The van der Waals surface area contributed by atoms with E-state index < -0.39 is 0 Å². The molecule has 0 unspecified atom stereocenters. The molecule has 2 aromatic carbocycles. The average Bonchev–Trinajstić information content (AvgIpc) is 3.02. The molecule has 1 heterocycles. The highest BCUT2D eigenvalue weighted by molar-refractivity contribution is 7.17. The van der Waals surface area contributed by atoms with Gasteiger partial charge in [-0.3, -0.25) is 4.79 Å². The Labute approximate surface area is 145 Å². The first-order chi connectivity index (χ1) is 11.7. The average molecular weight is 335 g/mol. The van der Waals surface area contributed by atoms with Crippen LogP contribution < -0.4 is 4.74 Å². The fourth-order valence-corrected chi connectivity index (χ4v) is 3.37. The Hall–Kier alpha value is -2.72. The molecule has 4 heteroatoms. The number of para-hydroxylation sites is 1. The molecule has 0 bridgehead atoms. The normalized spacial score (nSPS) is 10.9. The summed E-state index contributed by atoms with van der Waals surface area (Å²) >= 11 is 1.42. The second-order valence-electron chi connectivity index (χ2n) is 5.24. The number of thiazole rings is 1. The number of ketones is 1. The molecule has 0 aliphatic carbocycles. The molecule has 3 aromatic rings. The topological polar surface area (TPSA) is 39.2 Å². The van der Waals surface area contributed by atoms with Gasteiger partial charge in [-0.1, -0.05) is 48.5 Å². The molecule has 0 saturated carbocycles. The second-order valence-corrected chi connectivity index (χ2v) is 6.24. The SMILES string of the molecule is COc1ccccc1/C=C/C(=O)c1sc(-c2ccccc2)nc1C. The van der Waals surface area contributed by atoms with Gasteiger partial charge in [0.15, 0.2) is 5.78 Å². The van der Waals surface area contributed by atoms with Crippen LogP contribution in [0.2, 0.25) is 0 Å². The Morgan fingerprint density at radius 1 is 1.08 bits per heavy atom. The van der Waals surface area contributed by atoms with Crippen molar-refractivity contribution in [2.24, 2.45) is 0 Å². The molecule has 1 aromatic heterocycles. The Morgan fingerprint density at radius 3 is 2.54 bits per heavy atom. The van der Waals surface area contributed by atoms with Gasteiger partial charge < -0.3 is 4.74 Å². The minimum atomic E-state index is -0.0434. The van der Waals surface area contributed by atoms with E-state index in [1.807, 2.05) is 61.5 Å². The second kappa shape index (κ2) is 7.23. The van der Waals surface area contributed by atoms with Crippen LogP contribution in [0.1, 0.15) is 20.9 Å². The number of ether oxygens (including phenoxy) is 1. The zero-order valence-electron chi connectivity index (χ0n) is 13.5. The van der Waals surface area contributed by atoms with Gasteiger partial charge in [0.1, 0.15) is 10.8 Å². The molecule has 0 atom stereocenters. The van der Waals surface area contributed by atoms with Gasteiger partial charge in [-0.15, -0.1) is 11.3 Å². The van der Waals surface area contributed by atoms with Gasteiger partial charge in [-0.25, -0.2) is 4.98 Å². The number of aryl methyl sites for hydroxylation is 1. The van der Waals surface area contributed by atoms with E-state index in [0.717, 1.165) is 27.6 Å². The van der Waals surface area contributed by atoms with Gasteiger partial charge in [0, 0.05) is 11.1 Å². The summed E-state index contributed by atoms with van der Waals surface area (Å²) in [5.74, 6) is 0.700. The van der Waals surface area contributed by atoms with Gasteiger partial charge >= 0.3 is 0 Å². The highest BCUT2D eigenvalue weighted by atomic mass is 32.1. The third-order valence-electron chi connectivity index (χ3n) is 3.59. The van der Waals surface area contributed by atoms with Crippen LogP contribution in [0.4, 0.5) is 0 Å². The maximum atomic E-state index is 12.5. The van der Waals surface area contributed by atoms with E-state index in [9.17, 15) is 4.79 Å². The number of benzene rings is 2. The van der Waals surface area contributed by atoms with Crippen molar-refractivity contribution in [1.82, 2.24) is 4.98 Å². The standard InChI is InChI=1S/C20H17NO2S/c1-14-19(24-20(21-14)16-9-4-3-5-10-16)17(22)13-12-15-8-6-7-11-18(15)23-2/h3-13H,1-2H3/b13-12+. The van der Waals surface area contributed by atoms with Gasteiger partial charge in [0.25, 0.3) is 0 Å². The maximum absolute atomic E-state index is 12.5. The van der Waals surface area contributed by atoms with E-state index in [1.165, 1.54) is 11.3 Å². The van der Waals surface area contributed by atoms with Crippen molar-refractivity contribution in [1.29, 1.82) is 0 Å². The van der Waals surface area contributed by atoms with Crippen molar-refractivity contribution < 1.29 is 9.53 Å². The summed E-state index contributed by atoms with van der Waals surface area (Å²) in [6, 6.07) is 17.5. The molecule has 3 rings (SSSR count). The van der Waals surface area contributed by atoms with Crippen LogP contribution >= 0.6 is 11.3 Å². The Kier molecular flexibility index (Phi) is 4.87. The summed E-state index contributed by atoms with van der Waals surface area (Å²) in [7, 11) is 1.62. The lowest BCUT2D eigenvalue weighted by Gasteiger charge is -2.02. The zero-order valence-corrected chi connectivity index (χ0v) is 14.3.